The second-order valence-corrected chi connectivity index (χ2v) is 6.13. The average molecular weight is 416 g/mol. The quantitative estimate of drug-likeness (QED) is 0.441. The van der Waals surface area contributed by atoms with Crippen molar-refractivity contribution < 1.29 is 0 Å². The molecule has 4 nitrogen and oxygen atoms in total. The van der Waals surface area contributed by atoms with Crippen LogP contribution in [0, 0.1) is 0 Å². The van der Waals surface area contributed by atoms with Crippen LogP contribution in [-0.4, -0.2) is 36.0 Å². The van der Waals surface area contributed by atoms with Crippen molar-refractivity contribution in [3.8, 4) is 0 Å². The fourth-order valence-corrected chi connectivity index (χ4v) is 2.84. The summed E-state index contributed by atoms with van der Waals surface area (Å²) in [5.41, 5.74) is 7.29. The maximum Gasteiger partial charge on any atom is 0.188 e. The number of nitrogens with two attached hydrogens (primary N) is 1. The van der Waals surface area contributed by atoms with Crippen LogP contribution in [0.4, 0.5) is 0 Å². The van der Waals surface area contributed by atoms with Crippen molar-refractivity contribution in [3.63, 3.8) is 0 Å². The van der Waals surface area contributed by atoms with Crippen molar-refractivity contribution in [2.24, 2.45) is 10.7 Å². The summed E-state index contributed by atoms with van der Waals surface area (Å²) in [6.07, 6.45) is 3.79. The van der Waals surface area contributed by atoms with Gasteiger partial charge in [0.2, 0.25) is 0 Å². The molecule has 0 radical (unpaired) electrons. The Labute approximate surface area is 151 Å². The molecule has 1 fully saturated rings. The predicted octanol–water partition coefficient (Wildman–Crippen LogP) is 2.97. The fraction of sp³-hybridized carbons (Fsp3) is 0.588. The summed E-state index contributed by atoms with van der Waals surface area (Å²) in [7, 11) is 0. The van der Waals surface area contributed by atoms with Crippen molar-refractivity contribution in [1.82, 2.24) is 10.2 Å². The standard InChI is InChI=1S/C17H28N4.HI/c1-14(2)20-17(18)19-12-16-10-6-7-11-21(16)13-15-8-4-3-5-9-15;/h3-5,8-9,14,16H,6-7,10-13H2,1-2H3,(H3,18,19,20);1H. The molecule has 124 valence electrons. The van der Waals surface area contributed by atoms with E-state index in [1.54, 1.807) is 0 Å². The first-order valence-electron chi connectivity index (χ1n) is 7.99. The zero-order valence-electron chi connectivity index (χ0n) is 13.7. The van der Waals surface area contributed by atoms with Crippen molar-refractivity contribution >= 4 is 29.9 Å². The van der Waals surface area contributed by atoms with E-state index in [1.165, 1.54) is 24.8 Å². The van der Waals surface area contributed by atoms with E-state index in [4.69, 9.17) is 5.73 Å². The summed E-state index contributed by atoms with van der Waals surface area (Å²) < 4.78 is 0. The van der Waals surface area contributed by atoms with Crippen LogP contribution < -0.4 is 11.1 Å². The Morgan fingerprint density at radius 2 is 2.05 bits per heavy atom. The lowest BCUT2D eigenvalue weighted by molar-refractivity contribution is 0.145. The number of rotatable bonds is 5. The van der Waals surface area contributed by atoms with Crippen molar-refractivity contribution in [3.05, 3.63) is 35.9 Å². The van der Waals surface area contributed by atoms with Crippen LogP contribution in [0.15, 0.2) is 35.3 Å². The van der Waals surface area contributed by atoms with Crippen LogP contribution in [0.3, 0.4) is 0 Å². The molecule has 2 rings (SSSR count). The molecule has 5 heteroatoms. The molecule has 1 aromatic rings. The minimum Gasteiger partial charge on any atom is -0.370 e. The summed E-state index contributed by atoms with van der Waals surface area (Å²) in [5, 5.41) is 3.16. The number of piperidine rings is 1. The number of aliphatic imine (C=N–C) groups is 1. The van der Waals surface area contributed by atoms with Crippen molar-refractivity contribution in [1.29, 1.82) is 0 Å². The summed E-state index contributed by atoms with van der Waals surface area (Å²) in [5.74, 6) is 0.565. The highest BCUT2D eigenvalue weighted by Crippen LogP contribution is 2.19. The van der Waals surface area contributed by atoms with Gasteiger partial charge in [0.25, 0.3) is 0 Å². The number of halogens is 1. The maximum absolute atomic E-state index is 5.91. The van der Waals surface area contributed by atoms with Crippen LogP contribution >= 0.6 is 24.0 Å². The van der Waals surface area contributed by atoms with Gasteiger partial charge in [-0.3, -0.25) is 9.89 Å². The lowest BCUT2D eigenvalue weighted by Gasteiger charge is -2.35. The number of nitrogens with one attached hydrogen (secondary N) is 1. The third-order valence-corrected chi connectivity index (χ3v) is 3.89. The molecule has 0 spiro atoms. The van der Waals surface area contributed by atoms with Crippen LogP contribution in [0.1, 0.15) is 38.7 Å². The first-order chi connectivity index (χ1) is 10.1. The van der Waals surface area contributed by atoms with E-state index in [1.807, 2.05) is 0 Å². The predicted molar refractivity (Wildman–Crippen MR) is 105 cm³/mol. The van der Waals surface area contributed by atoms with E-state index in [0.717, 1.165) is 19.6 Å². The van der Waals surface area contributed by atoms with Gasteiger partial charge >= 0.3 is 0 Å². The Bertz CT molecular complexity index is 447. The minimum atomic E-state index is 0. The SMILES string of the molecule is CC(C)NC(N)=NCC1CCCCN1Cc1ccccc1.I. The summed E-state index contributed by atoms with van der Waals surface area (Å²) in [4.78, 5) is 7.07. The van der Waals surface area contributed by atoms with E-state index < -0.39 is 0 Å². The average Bonchev–Trinajstić information content (AvgIpc) is 2.47. The van der Waals surface area contributed by atoms with Gasteiger partial charge in [-0.25, -0.2) is 0 Å². The second kappa shape index (κ2) is 10.0. The van der Waals surface area contributed by atoms with Crippen molar-refractivity contribution in [2.75, 3.05) is 13.1 Å². The molecule has 3 N–H and O–H groups in total. The molecule has 1 aromatic carbocycles. The number of nitrogens with zero attached hydrogens (tertiary/aromatic N) is 2. The van der Waals surface area contributed by atoms with Crippen LogP contribution in [0.2, 0.25) is 0 Å². The molecule has 1 atom stereocenters. The van der Waals surface area contributed by atoms with E-state index in [-0.39, 0.29) is 24.0 Å². The normalized spacial score (nSPS) is 19.8. The van der Waals surface area contributed by atoms with Gasteiger partial charge in [-0.1, -0.05) is 36.8 Å². The molecule has 1 unspecified atom stereocenters. The highest BCUT2D eigenvalue weighted by atomic mass is 127. The lowest BCUT2D eigenvalue weighted by atomic mass is 10.0. The number of hydrogen-bond donors (Lipinski definition) is 2. The summed E-state index contributed by atoms with van der Waals surface area (Å²) in [6.45, 7) is 7.11. The Morgan fingerprint density at radius 3 is 2.73 bits per heavy atom. The Kier molecular flexibility index (Phi) is 8.78. The van der Waals surface area contributed by atoms with E-state index >= 15 is 0 Å². The number of guanidine groups is 1. The smallest absolute Gasteiger partial charge is 0.188 e. The van der Waals surface area contributed by atoms with Crippen LogP contribution in [-0.2, 0) is 6.54 Å². The summed E-state index contributed by atoms with van der Waals surface area (Å²) in [6, 6.07) is 11.5. The largest absolute Gasteiger partial charge is 0.370 e. The van der Waals surface area contributed by atoms with E-state index in [0.29, 0.717) is 18.0 Å². The van der Waals surface area contributed by atoms with E-state index in [9.17, 15) is 0 Å². The molecule has 1 aliphatic rings. The van der Waals surface area contributed by atoms with Gasteiger partial charge in [-0.2, -0.15) is 0 Å². The van der Waals surface area contributed by atoms with Crippen LogP contribution in [0.5, 0.6) is 0 Å². The number of likely N-dealkylation sites (tertiary alicyclic amines) is 1. The topological polar surface area (TPSA) is 53.6 Å². The zero-order valence-corrected chi connectivity index (χ0v) is 16.0. The van der Waals surface area contributed by atoms with Gasteiger partial charge in [0.15, 0.2) is 5.96 Å². The Morgan fingerprint density at radius 1 is 1.32 bits per heavy atom. The van der Waals surface area contributed by atoms with E-state index in [2.05, 4.69) is 59.4 Å². The van der Waals surface area contributed by atoms with Gasteiger partial charge in [0.1, 0.15) is 0 Å². The van der Waals surface area contributed by atoms with Crippen LogP contribution in [0.25, 0.3) is 0 Å². The molecule has 1 saturated heterocycles. The molecule has 1 aliphatic heterocycles. The third kappa shape index (κ3) is 6.52. The molecule has 1 heterocycles. The highest BCUT2D eigenvalue weighted by Gasteiger charge is 2.22. The maximum atomic E-state index is 5.91. The van der Waals surface area contributed by atoms with Gasteiger partial charge in [0, 0.05) is 18.6 Å². The first kappa shape index (κ1) is 19.2. The molecule has 0 saturated carbocycles. The molecule has 0 bridgehead atoms. The van der Waals surface area contributed by atoms with Gasteiger partial charge in [0.05, 0.1) is 6.54 Å². The van der Waals surface area contributed by atoms with Gasteiger partial charge in [-0.05, 0) is 38.8 Å². The zero-order chi connectivity index (χ0) is 15.1. The lowest BCUT2D eigenvalue weighted by Crippen LogP contribution is -2.42. The van der Waals surface area contributed by atoms with Gasteiger partial charge in [-0.15, -0.1) is 24.0 Å². The molecule has 0 amide bonds. The minimum absolute atomic E-state index is 0. The molecular formula is C17H29IN4. The summed E-state index contributed by atoms with van der Waals surface area (Å²) >= 11 is 0. The van der Waals surface area contributed by atoms with Crippen molar-refractivity contribution in [2.45, 2.75) is 51.7 Å². The Balaban J connectivity index is 0.00000242. The molecule has 0 aromatic heterocycles. The molecular weight excluding hydrogens is 387 g/mol. The highest BCUT2D eigenvalue weighted by molar-refractivity contribution is 14.0. The van der Waals surface area contributed by atoms with Gasteiger partial charge < -0.3 is 11.1 Å². The fourth-order valence-electron chi connectivity index (χ4n) is 2.84. The monoisotopic (exact) mass is 416 g/mol. The Hall–Kier alpha value is -0.820. The molecule has 0 aliphatic carbocycles. The second-order valence-electron chi connectivity index (χ2n) is 6.13. The third-order valence-electron chi connectivity index (χ3n) is 3.89. The first-order valence-corrected chi connectivity index (χ1v) is 7.99. The number of benzene rings is 1. The molecule has 22 heavy (non-hydrogen) atoms. The number of hydrogen-bond acceptors (Lipinski definition) is 2.